The molecule has 0 amide bonds. The average Bonchev–Trinajstić information content (AvgIpc) is 3.68. The molecule has 1 aliphatic carbocycles. The van der Waals surface area contributed by atoms with Gasteiger partial charge in [-0.05, 0) is 89.6 Å². The van der Waals surface area contributed by atoms with Crippen molar-refractivity contribution in [3.8, 4) is 33.9 Å². The number of nitrogens with zero attached hydrogens (tertiary/aromatic N) is 4. The van der Waals surface area contributed by atoms with Crippen LogP contribution in [-0.2, 0) is 0 Å². The summed E-state index contributed by atoms with van der Waals surface area (Å²) in [6.45, 7) is 0. The van der Waals surface area contributed by atoms with Crippen LogP contribution in [0.25, 0.3) is 72.7 Å². The smallest absolute Gasteiger partial charge is 0.138 e. The number of benzene rings is 4. The molecule has 0 spiro atoms. The van der Waals surface area contributed by atoms with Gasteiger partial charge in [0.05, 0.1) is 34.0 Å². The highest BCUT2D eigenvalue weighted by Crippen LogP contribution is 2.43. The third-order valence-corrected chi connectivity index (χ3v) is 9.71. The van der Waals surface area contributed by atoms with E-state index < -0.39 is 0 Å². The van der Waals surface area contributed by atoms with Crippen LogP contribution in [0.15, 0.2) is 164 Å². The predicted molar refractivity (Wildman–Crippen MR) is 196 cm³/mol. The first-order chi connectivity index (χ1) is 23.8. The van der Waals surface area contributed by atoms with Gasteiger partial charge in [-0.3, -0.25) is 9.55 Å². The standard InChI is InChI=1S/C43H29N5/c1-3-14-37-33(11-1)34-12-2-4-15-38(34)48(37)41-16-6-13-36(46-41)31-17-19-35-40(27-31)47(39-20-18-29-9-7-23-45-43(29)42(35)39)32-10-5-8-30(26-32)28-21-24-44-25-22-28/h1-27,43,45H. The largest absolute Gasteiger partial charge is 0.380 e. The van der Waals surface area contributed by atoms with Crippen LogP contribution in [0.4, 0.5) is 0 Å². The van der Waals surface area contributed by atoms with Crippen LogP contribution < -0.4 is 5.32 Å². The van der Waals surface area contributed by atoms with Crippen molar-refractivity contribution in [2.24, 2.45) is 0 Å². The third kappa shape index (κ3) is 4.04. The summed E-state index contributed by atoms with van der Waals surface area (Å²) in [5.41, 5.74) is 12.6. The maximum Gasteiger partial charge on any atom is 0.138 e. The minimum Gasteiger partial charge on any atom is -0.380 e. The van der Waals surface area contributed by atoms with Gasteiger partial charge in [-0.25, -0.2) is 4.98 Å². The van der Waals surface area contributed by atoms with Crippen molar-refractivity contribution in [1.29, 1.82) is 0 Å². The number of hydrogen-bond acceptors (Lipinski definition) is 3. The zero-order valence-electron chi connectivity index (χ0n) is 26.0. The lowest BCUT2D eigenvalue weighted by Gasteiger charge is -2.26. The van der Waals surface area contributed by atoms with Crippen molar-refractivity contribution in [1.82, 2.24) is 24.4 Å². The SMILES string of the molecule is C1=CNC2C(=C1)C=Cc1c2c2ccc(-c3cccc(-n4c5ccccc5c5ccccc54)n3)cc2n1-c1cccc(-c2ccncc2)c1. The molecule has 5 heterocycles. The third-order valence-electron chi connectivity index (χ3n) is 9.71. The molecule has 5 nitrogen and oxygen atoms in total. The van der Waals surface area contributed by atoms with Gasteiger partial charge < -0.3 is 9.88 Å². The van der Waals surface area contributed by atoms with Gasteiger partial charge in [0.2, 0.25) is 0 Å². The highest BCUT2D eigenvalue weighted by Gasteiger charge is 2.29. The van der Waals surface area contributed by atoms with E-state index in [2.05, 4.69) is 165 Å². The molecule has 5 heteroatoms. The molecule has 1 atom stereocenters. The van der Waals surface area contributed by atoms with Crippen LogP contribution in [0.2, 0.25) is 0 Å². The van der Waals surface area contributed by atoms with Gasteiger partial charge >= 0.3 is 0 Å². The second-order valence-corrected chi connectivity index (χ2v) is 12.4. The molecule has 0 radical (unpaired) electrons. The minimum atomic E-state index is 0.0877. The predicted octanol–water partition coefficient (Wildman–Crippen LogP) is 9.96. The van der Waals surface area contributed by atoms with E-state index in [9.17, 15) is 0 Å². The molecule has 1 N–H and O–H groups in total. The molecule has 0 bridgehead atoms. The molecule has 0 saturated carbocycles. The molecular weight excluding hydrogens is 587 g/mol. The first-order valence-electron chi connectivity index (χ1n) is 16.3. The van der Waals surface area contributed by atoms with Gasteiger partial charge in [-0.2, -0.15) is 0 Å². The Kier molecular flexibility index (Phi) is 5.87. The highest BCUT2D eigenvalue weighted by atomic mass is 15.1. The summed E-state index contributed by atoms with van der Waals surface area (Å²) in [5.74, 6) is 0.903. The molecule has 0 saturated heterocycles. The lowest BCUT2D eigenvalue weighted by molar-refractivity contribution is 0.715. The molecule has 4 aromatic heterocycles. The van der Waals surface area contributed by atoms with Crippen LogP contribution in [-0.4, -0.2) is 19.1 Å². The lowest BCUT2D eigenvalue weighted by Crippen LogP contribution is -2.22. The Morgan fingerprint density at radius 2 is 1.38 bits per heavy atom. The highest BCUT2D eigenvalue weighted by molar-refractivity contribution is 6.09. The van der Waals surface area contributed by atoms with E-state index in [-0.39, 0.29) is 6.04 Å². The Morgan fingerprint density at radius 1 is 0.583 bits per heavy atom. The molecule has 10 rings (SSSR count). The number of pyridine rings is 2. The van der Waals surface area contributed by atoms with Crippen molar-refractivity contribution in [3.05, 3.63) is 175 Å². The van der Waals surface area contributed by atoms with E-state index in [0.717, 1.165) is 50.4 Å². The fraction of sp³-hybridized carbons (Fsp3) is 0.0233. The molecule has 8 aromatic rings. The summed E-state index contributed by atoms with van der Waals surface area (Å²) in [4.78, 5) is 9.53. The van der Waals surface area contributed by atoms with Crippen LogP contribution >= 0.6 is 0 Å². The van der Waals surface area contributed by atoms with Crippen LogP contribution in [0, 0.1) is 0 Å². The van der Waals surface area contributed by atoms with Gasteiger partial charge in [0, 0.05) is 45.4 Å². The van der Waals surface area contributed by atoms with Crippen molar-refractivity contribution in [3.63, 3.8) is 0 Å². The summed E-state index contributed by atoms with van der Waals surface area (Å²) >= 11 is 0. The monoisotopic (exact) mass is 615 g/mol. The number of aromatic nitrogens is 4. The normalized spacial score (nSPS) is 15.0. The quantitative estimate of drug-likeness (QED) is 0.214. The van der Waals surface area contributed by atoms with Crippen molar-refractivity contribution in [2.45, 2.75) is 6.04 Å². The fourth-order valence-electron chi connectivity index (χ4n) is 7.57. The topological polar surface area (TPSA) is 47.7 Å². The summed E-state index contributed by atoms with van der Waals surface area (Å²) < 4.78 is 4.68. The van der Waals surface area contributed by atoms with Gasteiger partial charge in [-0.1, -0.05) is 78.9 Å². The number of dihydropyridines is 1. The number of nitrogens with one attached hydrogen (secondary N) is 1. The van der Waals surface area contributed by atoms with Crippen molar-refractivity contribution in [2.75, 3.05) is 0 Å². The molecule has 4 aromatic carbocycles. The van der Waals surface area contributed by atoms with Gasteiger partial charge in [0.25, 0.3) is 0 Å². The second-order valence-electron chi connectivity index (χ2n) is 12.4. The van der Waals surface area contributed by atoms with Gasteiger partial charge in [0.15, 0.2) is 0 Å². The Bertz CT molecular complexity index is 2600. The number of rotatable bonds is 4. The minimum absolute atomic E-state index is 0.0877. The molecule has 1 aliphatic heterocycles. The first-order valence-corrected chi connectivity index (χ1v) is 16.3. The first kappa shape index (κ1) is 26.7. The molecule has 2 aliphatic rings. The Morgan fingerprint density at radius 3 is 2.21 bits per heavy atom. The van der Waals surface area contributed by atoms with Crippen LogP contribution in [0.3, 0.4) is 0 Å². The summed E-state index contributed by atoms with van der Waals surface area (Å²) in [6.07, 6.45) is 14.5. The van der Waals surface area contributed by atoms with Crippen molar-refractivity contribution >= 4 is 38.8 Å². The second kappa shape index (κ2) is 10.5. The Balaban J connectivity index is 1.18. The number of hydrogen-bond donors (Lipinski definition) is 1. The average molecular weight is 616 g/mol. The van der Waals surface area contributed by atoms with Crippen LogP contribution in [0.5, 0.6) is 0 Å². The number of fused-ring (bicyclic) bond motifs is 8. The maximum atomic E-state index is 5.30. The zero-order valence-corrected chi connectivity index (χ0v) is 26.0. The Hall–Kier alpha value is -6.46. The fourth-order valence-corrected chi connectivity index (χ4v) is 7.57. The summed E-state index contributed by atoms with van der Waals surface area (Å²) in [6, 6.07) is 43.3. The zero-order chi connectivity index (χ0) is 31.6. The van der Waals surface area contributed by atoms with Gasteiger partial charge in [-0.15, -0.1) is 0 Å². The van der Waals surface area contributed by atoms with Crippen LogP contribution in [0.1, 0.15) is 17.3 Å². The van der Waals surface area contributed by atoms with E-state index >= 15 is 0 Å². The summed E-state index contributed by atoms with van der Waals surface area (Å²) in [7, 11) is 0. The van der Waals surface area contributed by atoms with E-state index in [1.54, 1.807) is 0 Å². The number of para-hydroxylation sites is 2. The van der Waals surface area contributed by atoms with Gasteiger partial charge in [0.1, 0.15) is 5.82 Å². The molecular formula is C43H29N5. The van der Waals surface area contributed by atoms with E-state index in [4.69, 9.17) is 4.98 Å². The maximum absolute atomic E-state index is 5.30. The Labute approximate surface area is 277 Å². The van der Waals surface area contributed by atoms with E-state index in [1.165, 1.54) is 33.0 Å². The van der Waals surface area contributed by atoms with E-state index in [0.29, 0.717) is 0 Å². The van der Waals surface area contributed by atoms with Crippen molar-refractivity contribution < 1.29 is 0 Å². The van der Waals surface area contributed by atoms with E-state index in [1.807, 2.05) is 18.6 Å². The summed E-state index contributed by atoms with van der Waals surface area (Å²) in [5, 5.41) is 7.32. The molecule has 1 unspecified atom stereocenters. The molecule has 48 heavy (non-hydrogen) atoms. The molecule has 226 valence electrons. The number of allylic oxidation sites excluding steroid dienone is 2. The lowest BCUT2D eigenvalue weighted by atomic mass is 9.89. The molecule has 0 fully saturated rings.